The van der Waals surface area contributed by atoms with Crippen molar-refractivity contribution < 1.29 is 4.79 Å². The predicted octanol–water partition coefficient (Wildman–Crippen LogP) is 1.23. The van der Waals surface area contributed by atoms with Gasteiger partial charge < -0.3 is 15.1 Å². The SMILES string of the molecule is O=C1NCCN1C1CCCN(c2ncc(Br)cn2)C1. The molecule has 2 fully saturated rings. The van der Waals surface area contributed by atoms with E-state index < -0.39 is 0 Å². The Morgan fingerprint density at radius 2 is 2.11 bits per heavy atom. The van der Waals surface area contributed by atoms with Gasteiger partial charge in [-0.05, 0) is 28.8 Å². The first kappa shape index (κ1) is 12.7. The number of nitrogens with one attached hydrogen (secondary N) is 1. The maximum absolute atomic E-state index is 11.7. The second-order valence-corrected chi connectivity index (χ2v) is 5.78. The predicted molar refractivity (Wildman–Crippen MR) is 75.1 cm³/mol. The van der Waals surface area contributed by atoms with Crippen molar-refractivity contribution in [2.75, 3.05) is 31.1 Å². The first-order valence-corrected chi connectivity index (χ1v) is 7.30. The number of piperidine rings is 1. The third kappa shape index (κ3) is 2.65. The van der Waals surface area contributed by atoms with Crippen LogP contribution in [0.25, 0.3) is 0 Å². The number of rotatable bonds is 2. The van der Waals surface area contributed by atoms with E-state index in [1.807, 2.05) is 4.90 Å². The van der Waals surface area contributed by atoms with E-state index in [2.05, 4.69) is 36.1 Å². The van der Waals surface area contributed by atoms with Crippen molar-refractivity contribution in [1.82, 2.24) is 20.2 Å². The summed E-state index contributed by atoms with van der Waals surface area (Å²) in [6.07, 6.45) is 5.64. The molecule has 6 nitrogen and oxygen atoms in total. The van der Waals surface area contributed by atoms with Gasteiger partial charge in [-0.25, -0.2) is 14.8 Å². The lowest BCUT2D eigenvalue weighted by molar-refractivity contribution is 0.189. The molecule has 0 spiro atoms. The van der Waals surface area contributed by atoms with Gasteiger partial charge in [0, 0.05) is 38.6 Å². The van der Waals surface area contributed by atoms with Crippen molar-refractivity contribution in [1.29, 1.82) is 0 Å². The van der Waals surface area contributed by atoms with Gasteiger partial charge in [-0.1, -0.05) is 0 Å². The van der Waals surface area contributed by atoms with E-state index >= 15 is 0 Å². The van der Waals surface area contributed by atoms with E-state index in [4.69, 9.17) is 0 Å². The molecule has 0 saturated carbocycles. The van der Waals surface area contributed by atoms with Gasteiger partial charge in [0.25, 0.3) is 0 Å². The van der Waals surface area contributed by atoms with E-state index in [1.54, 1.807) is 12.4 Å². The molecule has 102 valence electrons. The van der Waals surface area contributed by atoms with Crippen LogP contribution in [-0.2, 0) is 0 Å². The van der Waals surface area contributed by atoms with Crippen LogP contribution in [0.1, 0.15) is 12.8 Å². The highest BCUT2D eigenvalue weighted by molar-refractivity contribution is 9.10. The number of aromatic nitrogens is 2. The molecule has 0 bridgehead atoms. The minimum atomic E-state index is 0.0589. The molecule has 2 amide bonds. The summed E-state index contributed by atoms with van der Waals surface area (Å²) in [6, 6.07) is 0.326. The van der Waals surface area contributed by atoms with Crippen LogP contribution in [0.5, 0.6) is 0 Å². The monoisotopic (exact) mass is 325 g/mol. The first-order chi connectivity index (χ1) is 9.24. The standard InChI is InChI=1S/C12H16BrN5O/c13-9-6-15-11(16-7-9)17-4-1-2-10(8-17)18-5-3-14-12(18)19/h6-7,10H,1-5,8H2,(H,14,19). The third-order valence-electron chi connectivity index (χ3n) is 3.62. The van der Waals surface area contributed by atoms with Crippen molar-refractivity contribution >= 4 is 27.9 Å². The molecule has 1 unspecified atom stereocenters. The van der Waals surface area contributed by atoms with Crippen molar-refractivity contribution in [3.8, 4) is 0 Å². The fraction of sp³-hybridized carbons (Fsp3) is 0.583. The number of carbonyl (C=O) groups is 1. The molecule has 3 heterocycles. The van der Waals surface area contributed by atoms with Gasteiger partial charge in [0.15, 0.2) is 0 Å². The quantitative estimate of drug-likeness (QED) is 0.888. The molecular weight excluding hydrogens is 310 g/mol. The highest BCUT2D eigenvalue weighted by atomic mass is 79.9. The summed E-state index contributed by atoms with van der Waals surface area (Å²) in [4.78, 5) is 24.5. The maximum Gasteiger partial charge on any atom is 0.317 e. The zero-order chi connectivity index (χ0) is 13.2. The van der Waals surface area contributed by atoms with Gasteiger partial charge in [0.2, 0.25) is 5.95 Å². The normalized spacial score (nSPS) is 23.6. The average molecular weight is 326 g/mol. The molecule has 1 aromatic heterocycles. The molecule has 2 aliphatic rings. The van der Waals surface area contributed by atoms with Crippen LogP contribution < -0.4 is 10.2 Å². The molecule has 0 radical (unpaired) electrons. The number of urea groups is 1. The summed E-state index contributed by atoms with van der Waals surface area (Å²) in [7, 11) is 0. The number of carbonyl (C=O) groups excluding carboxylic acids is 1. The van der Waals surface area contributed by atoms with Crippen LogP contribution in [0.4, 0.5) is 10.7 Å². The summed E-state index contributed by atoms with van der Waals surface area (Å²) in [6.45, 7) is 3.32. The molecular formula is C12H16BrN5O. The number of nitrogens with zero attached hydrogens (tertiary/aromatic N) is 4. The second-order valence-electron chi connectivity index (χ2n) is 4.87. The van der Waals surface area contributed by atoms with Crippen LogP contribution in [0.15, 0.2) is 16.9 Å². The molecule has 1 aromatic rings. The van der Waals surface area contributed by atoms with E-state index in [0.717, 1.165) is 49.4 Å². The number of amides is 2. The second kappa shape index (κ2) is 5.32. The summed E-state index contributed by atoms with van der Waals surface area (Å²) in [5.74, 6) is 0.743. The van der Waals surface area contributed by atoms with Gasteiger partial charge in [-0.2, -0.15) is 0 Å². The Morgan fingerprint density at radius 3 is 2.79 bits per heavy atom. The topological polar surface area (TPSA) is 61.4 Å². The minimum absolute atomic E-state index is 0.0589. The third-order valence-corrected chi connectivity index (χ3v) is 4.03. The van der Waals surface area contributed by atoms with Crippen LogP contribution in [0.3, 0.4) is 0 Å². The van der Waals surface area contributed by atoms with E-state index in [0.29, 0.717) is 0 Å². The molecule has 0 aromatic carbocycles. The average Bonchev–Trinajstić information content (AvgIpc) is 2.86. The Labute approximate surface area is 120 Å². The Bertz CT molecular complexity index is 466. The zero-order valence-corrected chi connectivity index (χ0v) is 12.1. The number of hydrogen-bond acceptors (Lipinski definition) is 4. The van der Waals surface area contributed by atoms with E-state index in [1.165, 1.54) is 0 Å². The fourth-order valence-electron chi connectivity index (χ4n) is 2.69. The Balaban J connectivity index is 1.71. The van der Waals surface area contributed by atoms with Crippen molar-refractivity contribution in [3.05, 3.63) is 16.9 Å². The number of anilines is 1. The van der Waals surface area contributed by atoms with Gasteiger partial charge in [-0.15, -0.1) is 0 Å². The summed E-state index contributed by atoms with van der Waals surface area (Å²) in [5, 5.41) is 2.86. The summed E-state index contributed by atoms with van der Waals surface area (Å²) < 4.78 is 0.878. The smallest absolute Gasteiger partial charge is 0.317 e. The van der Waals surface area contributed by atoms with Gasteiger partial charge in [-0.3, -0.25) is 0 Å². The summed E-state index contributed by atoms with van der Waals surface area (Å²) in [5.41, 5.74) is 0. The molecule has 19 heavy (non-hydrogen) atoms. The van der Waals surface area contributed by atoms with Crippen LogP contribution in [-0.4, -0.2) is 53.1 Å². The van der Waals surface area contributed by atoms with Crippen molar-refractivity contribution in [2.24, 2.45) is 0 Å². The first-order valence-electron chi connectivity index (χ1n) is 6.51. The number of hydrogen-bond donors (Lipinski definition) is 1. The zero-order valence-electron chi connectivity index (χ0n) is 10.5. The fourth-order valence-corrected chi connectivity index (χ4v) is 2.90. The minimum Gasteiger partial charge on any atom is -0.339 e. The van der Waals surface area contributed by atoms with Crippen molar-refractivity contribution in [3.63, 3.8) is 0 Å². The molecule has 0 aliphatic carbocycles. The van der Waals surface area contributed by atoms with Gasteiger partial charge >= 0.3 is 6.03 Å². The maximum atomic E-state index is 11.7. The largest absolute Gasteiger partial charge is 0.339 e. The number of halogens is 1. The van der Waals surface area contributed by atoms with E-state index in [-0.39, 0.29) is 12.1 Å². The molecule has 2 aliphatic heterocycles. The lowest BCUT2D eigenvalue weighted by atomic mass is 10.0. The van der Waals surface area contributed by atoms with Gasteiger partial charge in [0.1, 0.15) is 0 Å². The highest BCUT2D eigenvalue weighted by Crippen LogP contribution is 2.21. The lowest BCUT2D eigenvalue weighted by Gasteiger charge is -2.36. The van der Waals surface area contributed by atoms with Crippen LogP contribution >= 0.6 is 15.9 Å². The molecule has 1 N–H and O–H groups in total. The molecule has 3 rings (SSSR count). The van der Waals surface area contributed by atoms with Gasteiger partial charge in [0.05, 0.1) is 10.5 Å². The molecule has 1 atom stereocenters. The Kier molecular flexibility index (Phi) is 3.54. The lowest BCUT2D eigenvalue weighted by Crippen LogP contribution is -2.49. The van der Waals surface area contributed by atoms with E-state index in [9.17, 15) is 4.79 Å². The highest BCUT2D eigenvalue weighted by Gasteiger charge is 2.31. The Hall–Kier alpha value is -1.37. The molecule has 7 heteroatoms. The van der Waals surface area contributed by atoms with Crippen LogP contribution in [0, 0.1) is 0 Å². The van der Waals surface area contributed by atoms with Crippen molar-refractivity contribution in [2.45, 2.75) is 18.9 Å². The molecule has 2 saturated heterocycles. The Morgan fingerprint density at radius 1 is 1.32 bits per heavy atom. The van der Waals surface area contributed by atoms with Crippen LogP contribution in [0.2, 0.25) is 0 Å². The summed E-state index contributed by atoms with van der Waals surface area (Å²) >= 11 is 3.34.